The van der Waals surface area contributed by atoms with E-state index in [2.05, 4.69) is 10.0 Å². The Hall–Kier alpha value is -0.850. The largest absolute Gasteiger partial charge is 0.378 e. The van der Waals surface area contributed by atoms with E-state index < -0.39 is 0 Å². The molecule has 7 nitrogen and oxygen atoms in total. The maximum Gasteiger partial charge on any atom is 0.214 e. The molecule has 0 aromatic heterocycles. The van der Waals surface area contributed by atoms with Gasteiger partial charge >= 0.3 is 0 Å². The molecule has 0 atom stereocenters. The predicted molar refractivity (Wildman–Crippen MR) is 53.7 cm³/mol. The minimum absolute atomic E-state index is 0.420. The summed E-state index contributed by atoms with van der Waals surface area (Å²) in [4.78, 5) is 2.85. The van der Waals surface area contributed by atoms with E-state index in [9.17, 15) is 0 Å². The second-order valence-electron chi connectivity index (χ2n) is 2.59. The Bertz CT molecular complexity index is 173. The van der Waals surface area contributed by atoms with E-state index in [0.717, 1.165) is 0 Å². The fraction of sp³-hybridized carbons (Fsp3) is 1.00. The molecule has 0 saturated carbocycles. The van der Waals surface area contributed by atoms with Gasteiger partial charge in [-0.2, -0.15) is 0 Å². The molecule has 0 bridgehead atoms. The number of ether oxygens (including phenoxy) is 3. The fourth-order valence-corrected chi connectivity index (χ4v) is 0.781. The van der Waals surface area contributed by atoms with Crippen molar-refractivity contribution in [1.29, 1.82) is 5.53 Å². The SMILES string of the molecule is N=[N+]=NCCOCCOCCOCCN. The van der Waals surface area contributed by atoms with Crippen molar-refractivity contribution in [2.75, 3.05) is 52.7 Å². The van der Waals surface area contributed by atoms with Crippen LogP contribution in [0.1, 0.15) is 0 Å². The molecule has 0 unspecified atom stereocenters. The molecule has 0 aromatic rings. The van der Waals surface area contributed by atoms with Gasteiger partial charge in [-0.1, -0.05) is 0 Å². The van der Waals surface area contributed by atoms with E-state index in [4.69, 9.17) is 25.5 Å². The van der Waals surface area contributed by atoms with Crippen LogP contribution in [0, 0.1) is 5.53 Å². The molecule has 15 heavy (non-hydrogen) atoms. The van der Waals surface area contributed by atoms with Crippen LogP contribution >= 0.6 is 0 Å². The van der Waals surface area contributed by atoms with Gasteiger partial charge in [-0.05, 0) is 0 Å². The Kier molecular flexibility index (Phi) is 12.4. The highest BCUT2D eigenvalue weighted by Crippen LogP contribution is 1.81. The minimum Gasteiger partial charge on any atom is -0.378 e. The Morgan fingerprint density at radius 1 is 0.933 bits per heavy atom. The summed E-state index contributed by atoms with van der Waals surface area (Å²) in [6.45, 7) is 4.15. The summed E-state index contributed by atoms with van der Waals surface area (Å²) in [5, 5.41) is 3.43. The van der Waals surface area contributed by atoms with Crippen LogP contribution in [0.2, 0.25) is 0 Å². The molecule has 0 aliphatic heterocycles. The summed E-state index contributed by atoms with van der Waals surface area (Å²) < 4.78 is 15.4. The monoisotopic (exact) mass is 219 g/mol. The first-order chi connectivity index (χ1) is 7.41. The average Bonchev–Trinajstić information content (AvgIpc) is 2.26. The van der Waals surface area contributed by atoms with Crippen molar-refractivity contribution in [2.45, 2.75) is 0 Å². The van der Waals surface area contributed by atoms with Gasteiger partial charge < -0.3 is 19.9 Å². The van der Waals surface area contributed by atoms with Gasteiger partial charge in [-0.3, -0.25) is 0 Å². The first-order valence-corrected chi connectivity index (χ1v) is 4.88. The molecule has 3 N–H and O–H groups in total. The lowest BCUT2D eigenvalue weighted by Gasteiger charge is -2.04. The van der Waals surface area contributed by atoms with Crippen molar-refractivity contribution >= 4 is 0 Å². The standard InChI is InChI=1S/C8H19N4O3/c9-1-3-13-5-7-15-8-6-14-4-2-11-12-10/h10H,1-9H2/q+1. The highest BCUT2D eigenvalue weighted by atomic mass is 16.5. The van der Waals surface area contributed by atoms with E-state index >= 15 is 0 Å². The highest BCUT2D eigenvalue weighted by molar-refractivity contribution is 4.36. The van der Waals surface area contributed by atoms with E-state index in [0.29, 0.717) is 52.7 Å². The zero-order chi connectivity index (χ0) is 11.2. The van der Waals surface area contributed by atoms with E-state index in [-0.39, 0.29) is 0 Å². The molecular weight excluding hydrogens is 200 g/mol. The molecule has 0 fully saturated rings. The number of rotatable bonds is 11. The molecule has 88 valence electrons. The zero-order valence-corrected chi connectivity index (χ0v) is 8.85. The number of nitrogens with zero attached hydrogens (tertiary/aromatic N) is 2. The molecule has 0 aliphatic carbocycles. The number of nitrogens with two attached hydrogens (primary N) is 1. The fourth-order valence-electron chi connectivity index (χ4n) is 0.781. The predicted octanol–water partition coefficient (Wildman–Crippen LogP) is -0.455. The summed E-state index contributed by atoms with van der Waals surface area (Å²) in [7, 11) is 0. The highest BCUT2D eigenvalue weighted by Gasteiger charge is 1.92. The lowest BCUT2D eigenvalue weighted by atomic mass is 10.7. The third-order valence-electron chi connectivity index (χ3n) is 1.41. The Balaban J connectivity index is 2.89. The second-order valence-corrected chi connectivity index (χ2v) is 2.59. The van der Waals surface area contributed by atoms with Crippen LogP contribution in [0.4, 0.5) is 0 Å². The summed E-state index contributed by atoms with van der Waals surface area (Å²) in [6, 6.07) is 0. The molecule has 0 saturated heterocycles. The third-order valence-corrected chi connectivity index (χ3v) is 1.41. The van der Waals surface area contributed by atoms with Crippen molar-refractivity contribution in [2.24, 2.45) is 10.8 Å². The molecular formula is C8H19N4O3+. The van der Waals surface area contributed by atoms with Crippen LogP contribution in [-0.4, -0.2) is 52.7 Å². The van der Waals surface area contributed by atoms with Crippen molar-refractivity contribution in [1.82, 2.24) is 4.91 Å². The Labute approximate surface area is 89.1 Å². The van der Waals surface area contributed by atoms with Gasteiger partial charge in [0, 0.05) is 6.54 Å². The van der Waals surface area contributed by atoms with Crippen LogP contribution in [0.3, 0.4) is 0 Å². The van der Waals surface area contributed by atoms with Crippen molar-refractivity contribution in [3.63, 3.8) is 0 Å². The van der Waals surface area contributed by atoms with Gasteiger partial charge in [0.15, 0.2) is 0 Å². The van der Waals surface area contributed by atoms with Gasteiger partial charge in [-0.15, -0.1) is 0 Å². The van der Waals surface area contributed by atoms with Crippen molar-refractivity contribution in [3.05, 3.63) is 0 Å². The van der Waals surface area contributed by atoms with Crippen LogP contribution in [0.15, 0.2) is 5.11 Å². The summed E-state index contributed by atoms with van der Waals surface area (Å²) >= 11 is 0. The average molecular weight is 219 g/mol. The van der Waals surface area contributed by atoms with Crippen LogP contribution in [0.25, 0.3) is 0 Å². The smallest absolute Gasteiger partial charge is 0.214 e. The van der Waals surface area contributed by atoms with E-state index in [1.165, 1.54) is 0 Å². The lowest BCUT2D eigenvalue weighted by Crippen LogP contribution is -2.13. The molecule has 0 aliphatic rings. The molecule has 0 rings (SSSR count). The maximum absolute atomic E-state index is 6.38. The Morgan fingerprint density at radius 2 is 1.47 bits per heavy atom. The first-order valence-electron chi connectivity index (χ1n) is 4.88. The number of hydrogen-bond acceptors (Lipinski definition) is 6. The van der Waals surface area contributed by atoms with Crippen LogP contribution in [0.5, 0.6) is 0 Å². The normalized spacial score (nSPS) is 9.93. The minimum atomic E-state index is 0.420. The second kappa shape index (κ2) is 13.2. The number of hydrogen-bond donors (Lipinski definition) is 2. The van der Waals surface area contributed by atoms with Gasteiger partial charge in [0.1, 0.15) is 17.2 Å². The van der Waals surface area contributed by atoms with Gasteiger partial charge in [0.05, 0.1) is 39.6 Å². The molecule has 0 radical (unpaired) electrons. The molecule has 0 amide bonds. The quantitative estimate of drug-likeness (QED) is 0.279. The number of nitrogens with one attached hydrogen (secondary N) is 1. The molecule has 0 aromatic carbocycles. The summed E-state index contributed by atoms with van der Waals surface area (Å²) in [5.41, 5.74) is 11.6. The maximum atomic E-state index is 6.38. The van der Waals surface area contributed by atoms with Gasteiger partial charge in [-0.25, -0.2) is 0 Å². The molecule has 7 heteroatoms. The van der Waals surface area contributed by atoms with Gasteiger partial charge in [0.2, 0.25) is 4.91 Å². The third kappa shape index (κ3) is 13.2. The Morgan fingerprint density at radius 3 is 2.00 bits per heavy atom. The lowest BCUT2D eigenvalue weighted by molar-refractivity contribution is 0.0173. The zero-order valence-electron chi connectivity index (χ0n) is 8.85. The van der Waals surface area contributed by atoms with Crippen LogP contribution in [-0.2, 0) is 14.2 Å². The topological polar surface area (TPSA) is 104 Å². The van der Waals surface area contributed by atoms with E-state index in [1.54, 1.807) is 0 Å². The molecule has 0 spiro atoms. The summed E-state index contributed by atoms with van der Waals surface area (Å²) in [5.74, 6) is 0. The van der Waals surface area contributed by atoms with E-state index in [1.807, 2.05) is 0 Å². The van der Waals surface area contributed by atoms with Crippen LogP contribution < -0.4 is 10.6 Å². The van der Waals surface area contributed by atoms with Crippen molar-refractivity contribution in [3.8, 4) is 0 Å². The first kappa shape index (κ1) is 14.2. The molecule has 0 heterocycles. The van der Waals surface area contributed by atoms with Crippen molar-refractivity contribution < 1.29 is 14.2 Å². The van der Waals surface area contributed by atoms with Gasteiger partial charge in [0.25, 0.3) is 0 Å². The summed E-state index contributed by atoms with van der Waals surface area (Å²) in [6.07, 6.45) is 0.